The molecule has 0 radical (unpaired) electrons. The number of rotatable bonds is 3. The molecule has 5 nitrogen and oxygen atoms in total. The number of halogens is 2. The molecule has 0 heterocycles. The van der Waals surface area contributed by atoms with E-state index in [9.17, 15) is 0 Å². The number of anilines is 1. The van der Waals surface area contributed by atoms with Crippen molar-refractivity contribution >= 4 is 44.8 Å². The molecule has 1 rings (SSSR count). The zero-order valence-corrected chi connectivity index (χ0v) is 10.3. The number of benzene rings is 1. The Labute approximate surface area is 106 Å². The molecule has 0 atom stereocenters. The second kappa shape index (κ2) is 5.49. The predicted molar refractivity (Wildman–Crippen MR) is 67.7 cm³/mol. The van der Waals surface area contributed by atoms with Gasteiger partial charge in [0.15, 0.2) is 5.84 Å². The van der Waals surface area contributed by atoms with E-state index in [0.29, 0.717) is 10.7 Å². The summed E-state index contributed by atoms with van der Waals surface area (Å²) in [6.07, 6.45) is 0. The van der Waals surface area contributed by atoms with Crippen LogP contribution in [0.15, 0.2) is 27.8 Å². The summed E-state index contributed by atoms with van der Waals surface area (Å²) in [6, 6.07) is 6.78. The molecule has 0 saturated carbocycles. The Bertz CT molecular complexity index is 491. The average molecular weight is 301 g/mol. The number of hydrazone groups is 1. The maximum Gasteiger partial charge on any atom is 0.201 e. The highest BCUT2D eigenvalue weighted by Crippen LogP contribution is 2.25. The molecule has 0 aromatic heterocycles. The van der Waals surface area contributed by atoms with Crippen LogP contribution in [0.1, 0.15) is 0 Å². The predicted octanol–water partition coefficient (Wildman–Crippen LogP) is 2.33. The second-order valence-corrected chi connectivity index (χ2v) is 3.99. The summed E-state index contributed by atoms with van der Waals surface area (Å²) in [5, 5.41) is 19.8. The summed E-state index contributed by atoms with van der Waals surface area (Å²) < 4.78 is 0.760. The summed E-state index contributed by atoms with van der Waals surface area (Å²) in [6.45, 7) is 0. The fourth-order valence-corrected chi connectivity index (χ4v) is 1.26. The molecule has 0 spiro atoms. The Hall–Kier alpha value is -1.58. The number of amidine groups is 1. The van der Waals surface area contributed by atoms with Crippen molar-refractivity contribution in [2.24, 2.45) is 10.8 Å². The zero-order chi connectivity index (χ0) is 12.1. The van der Waals surface area contributed by atoms with Crippen molar-refractivity contribution in [3.63, 3.8) is 0 Å². The summed E-state index contributed by atoms with van der Waals surface area (Å²) in [7, 11) is 0. The van der Waals surface area contributed by atoms with E-state index in [4.69, 9.17) is 28.0 Å². The maximum atomic E-state index is 8.60. The fourth-order valence-electron chi connectivity index (χ4n) is 0.832. The molecule has 16 heavy (non-hydrogen) atoms. The SMILES string of the molecule is N#C/C(=N\Nc1ccc(Br)c(Cl)c1)C(=N)N. The first-order valence-corrected chi connectivity index (χ1v) is 5.25. The van der Waals surface area contributed by atoms with Crippen molar-refractivity contribution < 1.29 is 0 Å². The van der Waals surface area contributed by atoms with Crippen LogP contribution in [0.25, 0.3) is 0 Å². The largest absolute Gasteiger partial charge is 0.382 e. The van der Waals surface area contributed by atoms with Crippen LogP contribution < -0.4 is 11.2 Å². The van der Waals surface area contributed by atoms with Gasteiger partial charge < -0.3 is 5.73 Å². The average Bonchev–Trinajstić information content (AvgIpc) is 2.23. The molecule has 0 amide bonds. The Kier molecular flexibility index (Phi) is 4.28. The zero-order valence-electron chi connectivity index (χ0n) is 7.96. The fraction of sp³-hybridized carbons (Fsp3) is 0. The van der Waals surface area contributed by atoms with Gasteiger partial charge >= 0.3 is 0 Å². The molecular formula is C9H7BrClN5. The number of hydrogen-bond donors (Lipinski definition) is 3. The normalized spacial score (nSPS) is 10.7. The lowest BCUT2D eigenvalue weighted by atomic mass is 10.3. The van der Waals surface area contributed by atoms with Crippen LogP contribution in [0.4, 0.5) is 5.69 Å². The minimum Gasteiger partial charge on any atom is -0.382 e. The third kappa shape index (κ3) is 3.22. The van der Waals surface area contributed by atoms with Gasteiger partial charge in [0.25, 0.3) is 0 Å². The van der Waals surface area contributed by atoms with Gasteiger partial charge in [-0.25, -0.2) is 0 Å². The number of nitriles is 1. The van der Waals surface area contributed by atoms with Crippen LogP contribution in [-0.4, -0.2) is 11.5 Å². The quantitative estimate of drug-likeness (QED) is 0.454. The summed E-state index contributed by atoms with van der Waals surface area (Å²) in [4.78, 5) is 0. The summed E-state index contributed by atoms with van der Waals surface area (Å²) >= 11 is 9.10. The maximum absolute atomic E-state index is 8.60. The van der Waals surface area contributed by atoms with E-state index < -0.39 is 5.84 Å². The first kappa shape index (κ1) is 12.5. The van der Waals surface area contributed by atoms with Crippen LogP contribution >= 0.6 is 27.5 Å². The molecule has 7 heteroatoms. The van der Waals surface area contributed by atoms with E-state index in [1.165, 1.54) is 0 Å². The smallest absolute Gasteiger partial charge is 0.201 e. The van der Waals surface area contributed by atoms with Gasteiger partial charge in [-0.3, -0.25) is 10.8 Å². The molecule has 0 unspecified atom stereocenters. The Morgan fingerprint density at radius 3 is 2.81 bits per heavy atom. The van der Waals surface area contributed by atoms with E-state index >= 15 is 0 Å². The Morgan fingerprint density at radius 2 is 2.31 bits per heavy atom. The van der Waals surface area contributed by atoms with Crippen molar-refractivity contribution in [3.8, 4) is 6.07 Å². The lowest BCUT2D eigenvalue weighted by Gasteiger charge is -2.02. The van der Waals surface area contributed by atoms with Gasteiger partial charge in [-0.15, -0.1) is 0 Å². The van der Waals surface area contributed by atoms with Crippen molar-refractivity contribution in [1.29, 1.82) is 10.7 Å². The van der Waals surface area contributed by atoms with Crippen LogP contribution in [-0.2, 0) is 0 Å². The van der Waals surface area contributed by atoms with Gasteiger partial charge in [-0.05, 0) is 34.1 Å². The molecule has 1 aromatic rings. The molecule has 0 aliphatic heterocycles. The molecule has 0 fully saturated rings. The molecule has 0 aliphatic rings. The van der Waals surface area contributed by atoms with Gasteiger partial charge in [0.1, 0.15) is 6.07 Å². The van der Waals surface area contributed by atoms with Crippen LogP contribution in [0, 0.1) is 16.7 Å². The third-order valence-electron chi connectivity index (χ3n) is 1.58. The molecule has 4 N–H and O–H groups in total. The monoisotopic (exact) mass is 299 g/mol. The van der Waals surface area contributed by atoms with Crippen molar-refractivity contribution in [2.75, 3.05) is 5.43 Å². The lowest BCUT2D eigenvalue weighted by molar-refractivity contribution is 1.33. The lowest BCUT2D eigenvalue weighted by Crippen LogP contribution is -2.21. The molecule has 1 aromatic carbocycles. The highest BCUT2D eigenvalue weighted by atomic mass is 79.9. The number of nitrogens with one attached hydrogen (secondary N) is 2. The Balaban J connectivity index is 2.86. The standard InChI is InChI=1S/C9H7BrClN5/c10-6-2-1-5(3-7(6)11)15-16-8(4-12)9(13)14/h1-3,15H,(H3,13,14)/b16-8+. The first-order valence-electron chi connectivity index (χ1n) is 4.08. The molecule has 0 aliphatic carbocycles. The number of hydrogen-bond acceptors (Lipinski definition) is 4. The molecule has 0 bridgehead atoms. The van der Waals surface area contributed by atoms with Gasteiger partial charge in [-0.2, -0.15) is 10.4 Å². The van der Waals surface area contributed by atoms with E-state index in [-0.39, 0.29) is 5.71 Å². The minimum atomic E-state index is -0.391. The van der Waals surface area contributed by atoms with Crippen molar-refractivity contribution in [2.45, 2.75) is 0 Å². The van der Waals surface area contributed by atoms with E-state index in [0.717, 1.165) is 4.47 Å². The minimum absolute atomic E-state index is 0.181. The van der Waals surface area contributed by atoms with Crippen LogP contribution in [0.3, 0.4) is 0 Å². The highest BCUT2D eigenvalue weighted by molar-refractivity contribution is 9.10. The van der Waals surface area contributed by atoms with E-state index in [2.05, 4.69) is 26.5 Å². The molecular weight excluding hydrogens is 293 g/mol. The topological polar surface area (TPSA) is 98.0 Å². The summed E-state index contributed by atoms with van der Waals surface area (Å²) in [5.74, 6) is -0.391. The van der Waals surface area contributed by atoms with Crippen LogP contribution in [0.2, 0.25) is 5.02 Å². The number of nitrogens with two attached hydrogens (primary N) is 1. The van der Waals surface area contributed by atoms with Gasteiger partial charge in [0.05, 0.1) is 10.7 Å². The first-order chi connectivity index (χ1) is 7.54. The van der Waals surface area contributed by atoms with Gasteiger partial charge in [0.2, 0.25) is 5.71 Å². The van der Waals surface area contributed by atoms with Crippen molar-refractivity contribution in [3.05, 3.63) is 27.7 Å². The summed E-state index contributed by atoms with van der Waals surface area (Å²) in [5.41, 5.74) is 8.12. The van der Waals surface area contributed by atoms with E-state index in [1.807, 2.05) is 0 Å². The van der Waals surface area contributed by atoms with Crippen molar-refractivity contribution in [1.82, 2.24) is 0 Å². The molecule has 0 saturated heterocycles. The highest BCUT2D eigenvalue weighted by Gasteiger charge is 2.02. The number of nitrogens with zero attached hydrogens (tertiary/aromatic N) is 2. The van der Waals surface area contributed by atoms with Gasteiger partial charge in [0, 0.05) is 4.47 Å². The van der Waals surface area contributed by atoms with Crippen LogP contribution in [0.5, 0.6) is 0 Å². The molecule has 82 valence electrons. The second-order valence-electron chi connectivity index (χ2n) is 2.73. The van der Waals surface area contributed by atoms with E-state index in [1.54, 1.807) is 24.3 Å². The van der Waals surface area contributed by atoms with Gasteiger partial charge in [-0.1, -0.05) is 11.6 Å². The third-order valence-corrected chi connectivity index (χ3v) is 2.81. The Morgan fingerprint density at radius 1 is 1.62 bits per heavy atom.